The van der Waals surface area contributed by atoms with Crippen LogP contribution in [0.25, 0.3) is 0 Å². The van der Waals surface area contributed by atoms with Gasteiger partial charge in [-0.15, -0.1) is 12.4 Å². The number of ether oxygens (including phenoxy) is 1. The number of hydrogen-bond donors (Lipinski definition) is 1. The Labute approximate surface area is 127 Å². The van der Waals surface area contributed by atoms with Gasteiger partial charge in [-0.25, -0.2) is 0 Å². The van der Waals surface area contributed by atoms with E-state index in [-0.39, 0.29) is 18.4 Å². The van der Waals surface area contributed by atoms with Gasteiger partial charge in [0.25, 0.3) is 0 Å². The zero-order valence-electron chi connectivity index (χ0n) is 11.8. The summed E-state index contributed by atoms with van der Waals surface area (Å²) >= 11 is 0. The van der Waals surface area contributed by atoms with Crippen LogP contribution in [0.15, 0.2) is 54.6 Å². The average molecular weight is 292 g/mol. The second kappa shape index (κ2) is 8.62. The molecule has 0 aliphatic carbocycles. The Morgan fingerprint density at radius 1 is 1.00 bits per heavy atom. The van der Waals surface area contributed by atoms with Crippen molar-refractivity contribution < 1.29 is 4.74 Å². The molecule has 2 aromatic rings. The first-order chi connectivity index (χ1) is 9.25. The molecular formula is C17H22ClNO. The van der Waals surface area contributed by atoms with E-state index in [4.69, 9.17) is 10.5 Å². The fourth-order valence-electron chi connectivity index (χ4n) is 1.98. The van der Waals surface area contributed by atoms with Crippen molar-refractivity contribution >= 4 is 12.4 Å². The van der Waals surface area contributed by atoms with Gasteiger partial charge in [-0.05, 0) is 43.0 Å². The van der Waals surface area contributed by atoms with Crippen LogP contribution >= 0.6 is 12.4 Å². The normalized spacial score (nSPS) is 11.5. The van der Waals surface area contributed by atoms with Gasteiger partial charge < -0.3 is 10.5 Å². The Morgan fingerprint density at radius 2 is 1.65 bits per heavy atom. The van der Waals surface area contributed by atoms with Gasteiger partial charge in [0, 0.05) is 6.04 Å². The van der Waals surface area contributed by atoms with Gasteiger partial charge in [0.05, 0.1) is 6.61 Å². The molecule has 0 spiro atoms. The van der Waals surface area contributed by atoms with E-state index in [0.29, 0.717) is 0 Å². The van der Waals surface area contributed by atoms with E-state index in [2.05, 4.69) is 24.3 Å². The largest absolute Gasteiger partial charge is 0.494 e. The van der Waals surface area contributed by atoms with E-state index >= 15 is 0 Å². The summed E-state index contributed by atoms with van der Waals surface area (Å²) in [5.74, 6) is 0.914. The average Bonchev–Trinajstić information content (AvgIpc) is 2.45. The van der Waals surface area contributed by atoms with Crippen LogP contribution in [0.3, 0.4) is 0 Å². The lowest BCUT2D eigenvalue weighted by Gasteiger charge is -2.09. The van der Waals surface area contributed by atoms with Crippen LogP contribution in [0, 0.1) is 0 Å². The van der Waals surface area contributed by atoms with Gasteiger partial charge >= 0.3 is 0 Å². The first kappa shape index (κ1) is 16.5. The number of aryl methyl sites for hydroxylation is 1. The Morgan fingerprint density at radius 3 is 2.25 bits per heavy atom. The van der Waals surface area contributed by atoms with E-state index in [1.54, 1.807) is 0 Å². The quantitative estimate of drug-likeness (QED) is 0.812. The van der Waals surface area contributed by atoms with E-state index in [9.17, 15) is 0 Å². The zero-order valence-corrected chi connectivity index (χ0v) is 12.6. The highest BCUT2D eigenvalue weighted by molar-refractivity contribution is 5.85. The third-order valence-electron chi connectivity index (χ3n) is 3.13. The molecule has 1 unspecified atom stereocenters. The maximum atomic E-state index is 5.81. The smallest absolute Gasteiger partial charge is 0.119 e. The molecule has 108 valence electrons. The standard InChI is InChI=1S/C17H21NO.ClH/c1-14(18)16-9-11-17(12-10-16)19-13-5-8-15-6-3-2-4-7-15;/h2-4,6-7,9-12,14H,5,8,13,18H2,1H3;1H. The Hall–Kier alpha value is -1.51. The van der Waals surface area contributed by atoms with Crippen LogP contribution < -0.4 is 10.5 Å². The van der Waals surface area contributed by atoms with Gasteiger partial charge in [-0.3, -0.25) is 0 Å². The second-order valence-corrected chi connectivity index (χ2v) is 4.80. The van der Waals surface area contributed by atoms with Crippen molar-refractivity contribution in [2.75, 3.05) is 6.61 Å². The Balaban J connectivity index is 0.00000200. The SMILES string of the molecule is CC(N)c1ccc(OCCCc2ccccc2)cc1.Cl. The first-order valence-electron chi connectivity index (χ1n) is 6.78. The number of hydrogen-bond acceptors (Lipinski definition) is 2. The van der Waals surface area contributed by atoms with Crippen molar-refractivity contribution in [3.8, 4) is 5.75 Å². The fourth-order valence-corrected chi connectivity index (χ4v) is 1.98. The summed E-state index contributed by atoms with van der Waals surface area (Å²) in [6.07, 6.45) is 2.08. The van der Waals surface area contributed by atoms with Crippen LogP contribution in [0.2, 0.25) is 0 Å². The Kier molecular flexibility index (Phi) is 7.13. The summed E-state index contributed by atoms with van der Waals surface area (Å²) in [6.45, 7) is 2.72. The zero-order chi connectivity index (χ0) is 13.5. The van der Waals surface area contributed by atoms with Crippen LogP contribution in [0.1, 0.15) is 30.5 Å². The van der Waals surface area contributed by atoms with Crippen LogP contribution in [0.4, 0.5) is 0 Å². The van der Waals surface area contributed by atoms with Crippen molar-refractivity contribution in [3.05, 3.63) is 65.7 Å². The molecule has 0 bridgehead atoms. The maximum Gasteiger partial charge on any atom is 0.119 e. The van der Waals surface area contributed by atoms with Gasteiger partial charge in [0.15, 0.2) is 0 Å². The summed E-state index contributed by atoms with van der Waals surface area (Å²) in [5.41, 5.74) is 8.30. The molecule has 2 rings (SSSR count). The van der Waals surface area contributed by atoms with Crippen LogP contribution in [-0.2, 0) is 6.42 Å². The molecule has 0 aliphatic heterocycles. The lowest BCUT2D eigenvalue weighted by Crippen LogP contribution is -2.05. The monoisotopic (exact) mass is 291 g/mol. The molecule has 0 radical (unpaired) electrons. The highest BCUT2D eigenvalue weighted by Gasteiger charge is 1.99. The minimum absolute atomic E-state index is 0. The highest BCUT2D eigenvalue weighted by atomic mass is 35.5. The van der Waals surface area contributed by atoms with Crippen molar-refractivity contribution in [1.82, 2.24) is 0 Å². The van der Waals surface area contributed by atoms with E-state index in [0.717, 1.165) is 30.8 Å². The van der Waals surface area contributed by atoms with Gasteiger partial charge in [-0.1, -0.05) is 42.5 Å². The third-order valence-corrected chi connectivity index (χ3v) is 3.13. The molecule has 0 saturated carbocycles. The minimum Gasteiger partial charge on any atom is -0.494 e. The van der Waals surface area contributed by atoms with Crippen molar-refractivity contribution in [2.45, 2.75) is 25.8 Å². The molecule has 0 amide bonds. The number of halogens is 1. The van der Waals surface area contributed by atoms with E-state index in [1.165, 1.54) is 5.56 Å². The second-order valence-electron chi connectivity index (χ2n) is 4.80. The fraction of sp³-hybridized carbons (Fsp3) is 0.294. The van der Waals surface area contributed by atoms with Gasteiger partial charge in [-0.2, -0.15) is 0 Å². The lowest BCUT2D eigenvalue weighted by molar-refractivity contribution is 0.311. The topological polar surface area (TPSA) is 35.2 Å². The molecule has 3 heteroatoms. The molecule has 20 heavy (non-hydrogen) atoms. The van der Waals surface area contributed by atoms with Crippen molar-refractivity contribution in [1.29, 1.82) is 0 Å². The number of rotatable bonds is 6. The summed E-state index contributed by atoms with van der Waals surface area (Å²) in [5, 5.41) is 0. The minimum atomic E-state index is 0. The van der Waals surface area contributed by atoms with Gasteiger partial charge in [0.2, 0.25) is 0 Å². The lowest BCUT2D eigenvalue weighted by atomic mass is 10.1. The highest BCUT2D eigenvalue weighted by Crippen LogP contribution is 2.16. The Bertz CT molecular complexity index is 482. The van der Waals surface area contributed by atoms with E-state index in [1.807, 2.05) is 37.3 Å². The molecule has 1 atom stereocenters. The first-order valence-corrected chi connectivity index (χ1v) is 6.78. The van der Waals surface area contributed by atoms with Crippen molar-refractivity contribution in [3.63, 3.8) is 0 Å². The van der Waals surface area contributed by atoms with E-state index < -0.39 is 0 Å². The molecule has 0 aromatic heterocycles. The van der Waals surface area contributed by atoms with Crippen LogP contribution in [0.5, 0.6) is 5.75 Å². The third kappa shape index (κ3) is 5.24. The maximum absolute atomic E-state index is 5.81. The molecule has 2 N–H and O–H groups in total. The molecular weight excluding hydrogens is 270 g/mol. The summed E-state index contributed by atoms with van der Waals surface area (Å²) in [7, 11) is 0. The van der Waals surface area contributed by atoms with Crippen LogP contribution in [-0.4, -0.2) is 6.61 Å². The summed E-state index contributed by atoms with van der Waals surface area (Å²) in [6, 6.07) is 18.6. The molecule has 2 aromatic carbocycles. The number of benzene rings is 2. The predicted molar refractivity (Wildman–Crippen MR) is 86.6 cm³/mol. The molecule has 0 saturated heterocycles. The summed E-state index contributed by atoms with van der Waals surface area (Å²) in [4.78, 5) is 0. The molecule has 0 aliphatic rings. The molecule has 0 fully saturated rings. The number of nitrogens with two attached hydrogens (primary N) is 1. The molecule has 0 heterocycles. The predicted octanol–water partition coefficient (Wildman–Crippen LogP) is 4.14. The van der Waals surface area contributed by atoms with Crippen molar-refractivity contribution in [2.24, 2.45) is 5.73 Å². The summed E-state index contributed by atoms with van der Waals surface area (Å²) < 4.78 is 5.72. The molecule has 2 nitrogen and oxygen atoms in total. The van der Waals surface area contributed by atoms with Gasteiger partial charge in [0.1, 0.15) is 5.75 Å².